The molecule has 0 radical (unpaired) electrons. The second-order valence-electron chi connectivity index (χ2n) is 10.3. The lowest BCUT2D eigenvalue weighted by molar-refractivity contribution is -0.528. The van der Waals surface area contributed by atoms with E-state index in [4.69, 9.17) is 4.42 Å². The first-order valence-corrected chi connectivity index (χ1v) is 12.8. The van der Waals surface area contributed by atoms with Gasteiger partial charge in [-0.25, -0.2) is 0 Å². The van der Waals surface area contributed by atoms with Gasteiger partial charge in [-0.15, -0.1) is 0 Å². The minimum atomic E-state index is -0.925. The van der Waals surface area contributed by atoms with E-state index >= 15 is 0 Å². The lowest BCUT2D eigenvalue weighted by atomic mass is 9.74. The molecular weight excluding hydrogens is 478 g/mol. The fraction of sp³-hybridized carbons (Fsp3) is 0.323. The van der Waals surface area contributed by atoms with Gasteiger partial charge in [-0.2, -0.15) is 0 Å². The fourth-order valence-electron chi connectivity index (χ4n) is 5.18. The predicted octanol–water partition coefficient (Wildman–Crippen LogP) is 6.12. The second kappa shape index (κ2) is 11.5. The highest BCUT2D eigenvalue weighted by Gasteiger charge is 2.43. The van der Waals surface area contributed by atoms with Crippen molar-refractivity contribution in [1.82, 2.24) is 0 Å². The van der Waals surface area contributed by atoms with E-state index in [0.29, 0.717) is 23.5 Å². The van der Waals surface area contributed by atoms with Gasteiger partial charge in [0, 0.05) is 50.9 Å². The zero-order chi connectivity index (χ0) is 27.4. The standard InChI is InChI=1S/C31H35N3O4/c1-21-6-17-30(38-21)31-25(18-22(20-35)19-29(31)34(36)37)11-16-28(23-7-12-26(13-8-23)32(2)3)24-9-14-27(15-10-24)33(4)5/h6-10,12-18,20,25,29,31H,11,19H2,1-5H3/t25-,29-,31+/m0/s1. The summed E-state index contributed by atoms with van der Waals surface area (Å²) in [4.78, 5) is 27.7. The maximum atomic E-state index is 12.1. The van der Waals surface area contributed by atoms with Crippen molar-refractivity contribution in [3.8, 4) is 0 Å². The normalized spacial score (nSPS) is 18.9. The predicted molar refractivity (Wildman–Crippen MR) is 152 cm³/mol. The van der Waals surface area contributed by atoms with Gasteiger partial charge in [0.25, 0.3) is 0 Å². The molecule has 0 saturated carbocycles. The Morgan fingerprint density at radius 3 is 1.92 bits per heavy atom. The smallest absolute Gasteiger partial charge is 0.227 e. The summed E-state index contributed by atoms with van der Waals surface area (Å²) in [5.74, 6) is 0.578. The summed E-state index contributed by atoms with van der Waals surface area (Å²) in [5.41, 5.74) is 5.82. The van der Waals surface area contributed by atoms with Crippen molar-refractivity contribution < 1.29 is 14.1 Å². The van der Waals surface area contributed by atoms with Crippen LogP contribution < -0.4 is 9.80 Å². The van der Waals surface area contributed by atoms with E-state index in [1.54, 1.807) is 0 Å². The molecule has 7 heteroatoms. The summed E-state index contributed by atoms with van der Waals surface area (Å²) < 4.78 is 5.90. The van der Waals surface area contributed by atoms with Gasteiger partial charge < -0.3 is 14.2 Å². The summed E-state index contributed by atoms with van der Waals surface area (Å²) in [7, 11) is 8.03. The van der Waals surface area contributed by atoms with E-state index in [2.05, 4.69) is 64.4 Å². The van der Waals surface area contributed by atoms with Gasteiger partial charge in [-0.05, 0) is 77.9 Å². The van der Waals surface area contributed by atoms with E-state index in [1.165, 1.54) is 0 Å². The third-order valence-electron chi connectivity index (χ3n) is 7.24. The Labute approximate surface area is 224 Å². The van der Waals surface area contributed by atoms with Crippen molar-refractivity contribution in [2.45, 2.75) is 31.7 Å². The summed E-state index contributed by atoms with van der Waals surface area (Å²) in [6.45, 7) is 1.84. The first-order valence-electron chi connectivity index (χ1n) is 12.8. The second-order valence-corrected chi connectivity index (χ2v) is 10.3. The van der Waals surface area contributed by atoms with Crippen molar-refractivity contribution in [3.63, 3.8) is 0 Å². The number of benzene rings is 2. The minimum absolute atomic E-state index is 0.103. The molecule has 3 atom stereocenters. The van der Waals surface area contributed by atoms with E-state index in [0.717, 1.165) is 34.4 Å². The quantitative estimate of drug-likeness (QED) is 0.195. The Kier molecular flexibility index (Phi) is 8.15. The molecule has 0 unspecified atom stereocenters. The maximum Gasteiger partial charge on any atom is 0.227 e. The van der Waals surface area contributed by atoms with Crippen molar-refractivity contribution >= 4 is 23.2 Å². The summed E-state index contributed by atoms with van der Waals surface area (Å²) >= 11 is 0. The molecular formula is C31H35N3O4. The van der Waals surface area contributed by atoms with Crippen LogP contribution in [0.15, 0.2) is 82.8 Å². The first-order chi connectivity index (χ1) is 18.2. The van der Waals surface area contributed by atoms with Crippen LogP contribution in [0.1, 0.15) is 41.4 Å². The number of aryl methyl sites for hydroxylation is 1. The van der Waals surface area contributed by atoms with Gasteiger partial charge in [0.1, 0.15) is 17.8 Å². The lowest BCUT2D eigenvalue weighted by Gasteiger charge is -2.30. The number of anilines is 2. The Morgan fingerprint density at radius 2 is 1.50 bits per heavy atom. The maximum absolute atomic E-state index is 12.1. The van der Waals surface area contributed by atoms with Crippen LogP contribution in [0.3, 0.4) is 0 Å². The third-order valence-corrected chi connectivity index (χ3v) is 7.24. The monoisotopic (exact) mass is 513 g/mol. The number of carbonyl (C=O) groups excluding carboxylic acids is 1. The van der Waals surface area contributed by atoms with Gasteiger partial charge in [-0.3, -0.25) is 14.9 Å². The van der Waals surface area contributed by atoms with Gasteiger partial charge >= 0.3 is 0 Å². The average molecular weight is 514 g/mol. The summed E-state index contributed by atoms with van der Waals surface area (Å²) in [6.07, 6.45) is 5.41. The van der Waals surface area contributed by atoms with Crippen LogP contribution in [0.2, 0.25) is 0 Å². The molecule has 0 bridgehead atoms. The molecule has 198 valence electrons. The van der Waals surface area contributed by atoms with Crippen LogP contribution in [0.5, 0.6) is 0 Å². The molecule has 0 saturated heterocycles. The minimum Gasteiger partial charge on any atom is -0.466 e. The zero-order valence-electron chi connectivity index (χ0n) is 22.6. The van der Waals surface area contributed by atoms with E-state index in [1.807, 2.05) is 53.3 Å². The highest BCUT2D eigenvalue weighted by atomic mass is 16.6. The number of furan rings is 1. The van der Waals surface area contributed by atoms with Gasteiger partial charge in [0.15, 0.2) is 0 Å². The number of hydrogen-bond acceptors (Lipinski definition) is 6. The molecule has 0 N–H and O–H groups in total. The first kappa shape index (κ1) is 26.9. The highest BCUT2D eigenvalue weighted by molar-refractivity contribution is 5.81. The van der Waals surface area contributed by atoms with Crippen LogP contribution in [0.25, 0.3) is 5.57 Å². The number of allylic oxidation sites excluding steroid dienone is 2. The largest absolute Gasteiger partial charge is 0.466 e. The van der Waals surface area contributed by atoms with Crippen molar-refractivity contribution in [2.75, 3.05) is 38.0 Å². The number of rotatable bonds is 9. The van der Waals surface area contributed by atoms with Crippen molar-refractivity contribution in [1.29, 1.82) is 0 Å². The van der Waals surface area contributed by atoms with E-state index in [-0.39, 0.29) is 17.3 Å². The Hall–Kier alpha value is -4.13. The summed E-state index contributed by atoms with van der Waals surface area (Å²) in [6, 6.07) is 19.5. The molecule has 0 aliphatic heterocycles. The molecule has 2 aromatic carbocycles. The molecule has 0 amide bonds. The number of nitrogens with zero attached hydrogens (tertiary/aromatic N) is 3. The number of carbonyl (C=O) groups is 1. The van der Waals surface area contributed by atoms with Gasteiger partial charge in [0.2, 0.25) is 6.04 Å². The van der Waals surface area contributed by atoms with Gasteiger partial charge in [-0.1, -0.05) is 36.4 Å². The molecule has 0 spiro atoms. The van der Waals surface area contributed by atoms with Crippen LogP contribution >= 0.6 is 0 Å². The van der Waals surface area contributed by atoms with E-state index in [9.17, 15) is 14.9 Å². The number of aldehydes is 1. The van der Waals surface area contributed by atoms with Gasteiger partial charge in [0.05, 0.1) is 5.92 Å². The molecule has 1 aromatic heterocycles. The number of hydrogen-bond donors (Lipinski definition) is 0. The Morgan fingerprint density at radius 1 is 0.947 bits per heavy atom. The molecule has 4 rings (SSSR count). The van der Waals surface area contributed by atoms with Crippen molar-refractivity contribution in [2.24, 2.45) is 5.92 Å². The molecule has 0 fully saturated rings. The topological polar surface area (TPSA) is 79.8 Å². The molecule has 1 aliphatic carbocycles. The average Bonchev–Trinajstić information content (AvgIpc) is 3.34. The molecule has 1 heterocycles. The SMILES string of the molecule is Cc1ccc([C@@H]2[C@@H](CC=C(c3ccc(N(C)C)cc3)c3ccc(N(C)C)cc3)C=C(C=O)C[C@@H]2[N+](=O)[O-])o1. The highest BCUT2D eigenvalue weighted by Crippen LogP contribution is 2.41. The zero-order valence-corrected chi connectivity index (χ0v) is 22.6. The van der Waals surface area contributed by atoms with E-state index < -0.39 is 12.0 Å². The third kappa shape index (κ3) is 5.88. The molecule has 38 heavy (non-hydrogen) atoms. The van der Waals surface area contributed by atoms with Crippen LogP contribution in [-0.4, -0.2) is 45.4 Å². The van der Waals surface area contributed by atoms with Crippen LogP contribution in [0.4, 0.5) is 11.4 Å². The summed E-state index contributed by atoms with van der Waals surface area (Å²) in [5, 5.41) is 12.1. The number of nitro groups is 1. The molecule has 3 aromatic rings. The molecule has 7 nitrogen and oxygen atoms in total. The Bertz CT molecular complexity index is 1280. The van der Waals surface area contributed by atoms with Crippen LogP contribution in [-0.2, 0) is 4.79 Å². The fourth-order valence-corrected chi connectivity index (χ4v) is 5.18. The van der Waals surface area contributed by atoms with Crippen LogP contribution in [0, 0.1) is 23.0 Å². The lowest BCUT2D eigenvalue weighted by Crippen LogP contribution is -2.35. The molecule has 1 aliphatic rings. The van der Waals surface area contributed by atoms with Crippen molar-refractivity contribution in [3.05, 3.63) is 111 Å². The Balaban J connectivity index is 1.78.